The summed E-state index contributed by atoms with van der Waals surface area (Å²) in [5, 5.41) is 10.6. The van der Waals surface area contributed by atoms with Gasteiger partial charge in [0.15, 0.2) is 4.34 Å². The van der Waals surface area contributed by atoms with E-state index < -0.39 is 0 Å². The van der Waals surface area contributed by atoms with Gasteiger partial charge in [-0.3, -0.25) is 4.79 Å². The van der Waals surface area contributed by atoms with Crippen molar-refractivity contribution in [1.82, 2.24) is 10.2 Å². The molecule has 1 aromatic heterocycles. The molecule has 0 aliphatic carbocycles. The minimum atomic E-state index is -0.185. The largest absolute Gasteiger partial charge is 0.330 e. The number of rotatable bonds is 5. The van der Waals surface area contributed by atoms with E-state index in [1.54, 1.807) is 24.2 Å². The van der Waals surface area contributed by atoms with E-state index in [1.807, 2.05) is 24.3 Å². The summed E-state index contributed by atoms with van der Waals surface area (Å²) in [7, 11) is 0. The van der Waals surface area contributed by atoms with Crippen LogP contribution in [-0.4, -0.2) is 22.6 Å². The van der Waals surface area contributed by atoms with Gasteiger partial charge in [-0.1, -0.05) is 30.0 Å². The molecule has 19 heavy (non-hydrogen) atoms. The molecule has 1 heterocycles. The van der Waals surface area contributed by atoms with Gasteiger partial charge in [0, 0.05) is 23.0 Å². The number of nitrogens with two attached hydrogens (primary N) is 1. The van der Waals surface area contributed by atoms with Crippen LogP contribution >= 0.6 is 23.1 Å². The molecular weight excluding hydrogens is 280 g/mol. The van der Waals surface area contributed by atoms with Gasteiger partial charge >= 0.3 is 0 Å². The predicted molar refractivity (Wildman–Crippen MR) is 77.3 cm³/mol. The molecule has 1 unspecified atom stereocenters. The molecule has 2 aromatic rings. The Kier molecular flexibility index (Phi) is 4.89. The van der Waals surface area contributed by atoms with E-state index in [4.69, 9.17) is 5.73 Å². The van der Waals surface area contributed by atoms with Crippen LogP contribution in [0.15, 0.2) is 39.0 Å². The summed E-state index contributed by atoms with van der Waals surface area (Å²) in [6.07, 6.45) is 0. The second-order valence-electron chi connectivity index (χ2n) is 3.96. The Morgan fingerprint density at radius 1 is 1.47 bits per heavy atom. The van der Waals surface area contributed by atoms with Crippen LogP contribution in [0.2, 0.25) is 0 Å². The van der Waals surface area contributed by atoms with E-state index in [9.17, 15) is 4.79 Å². The highest BCUT2D eigenvalue weighted by Crippen LogP contribution is 2.29. The van der Waals surface area contributed by atoms with Crippen molar-refractivity contribution >= 4 is 34.7 Å². The predicted octanol–water partition coefficient (Wildman–Crippen LogP) is 2.22. The molecule has 1 atom stereocenters. The smallest absolute Gasteiger partial charge is 0.228 e. The first-order chi connectivity index (χ1) is 9.19. The maximum Gasteiger partial charge on any atom is 0.228 e. The molecule has 0 radical (unpaired) electrons. The average Bonchev–Trinajstić information content (AvgIpc) is 2.93. The van der Waals surface area contributed by atoms with E-state index in [0.717, 1.165) is 14.9 Å². The fourth-order valence-electron chi connectivity index (χ4n) is 1.29. The molecule has 100 valence electrons. The van der Waals surface area contributed by atoms with Crippen molar-refractivity contribution in [3.05, 3.63) is 29.8 Å². The lowest BCUT2D eigenvalue weighted by Crippen LogP contribution is -2.26. The van der Waals surface area contributed by atoms with Crippen LogP contribution in [0, 0.1) is 5.92 Å². The molecular formula is C12H14N4OS2. The summed E-state index contributed by atoms with van der Waals surface area (Å²) >= 11 is 3.04. The van der Waals surface area contributed by atoms with E-state index >= 15 is 0 Å². The van der Waals surface area contributed by atoms with Crippen LogP contribution in [0.1, 0.15) is 6.92 Å². The molecule has 1 amide bonds. The molecule has 3 N–H and O–H groups in total. The molecule has 0 spiro atoms. The number of hydrogen-bond donors (Lipinski definition) is 2. The first-order valence-corrected chi connectivity index (χ1v) is 7.43. The number of carbonyl (C=O) groups excluding carboxylic acids is 1. The van der Waals surface area contributed by atoms with Crippen LogP contribution < -0.4 is 11.1 Å². The molecule has 0 saturated carbocycles. The summed E-state index contributed by atoms with van der Waals surface area (Å²) in [6.45, 7) is 2.14. The molecule has 0 aliphatic heterocycles. The number of carbonyl (C=O) groups is 1. The molecule has 0 aliphatic rings. The van der Waals surface area contributed by atoms with Gasteiger partial charge in [-0.15, -0.1) is 10.2 Å². The van der Waals surface area contributed by atoms with Gasteiger partial charge in [-0.2, -0.15) is 0 Å². The van der Waals surface area contributed by atoms with Gasteiger partial charge in [0.1, 0.15) is 5.51 Å². The third-order valence-corrected chi connectivity index (χ3v) is 4.25. The zero-order valence-corrected chi connectivity index (χ0v) is 12.0. The summed E-state index contributed by atoms with van der Waals surface area (Å²) in [5.41, 5.74) is 7.92. The Hall–Kier alpha value is -1.44. The van der Waals surface area contributed by atoms with Crippen LogP contribution in [0.4, 0.5) is 5.69 Å². The lowest BCUT2D eigenvalue weighted by Gasteiger charge is -2.10. The van der Waals surface area contributed by atoms with Crippen LogP contribution in [0.5, 0.6) is 0 Å². The van der Waals surface area contributed by atoms with Crippen LogP contribution in [-0.2, 0) is 4.79 Å². The minimum absolute atomic E-state index is 0.0629. The summed E-state index contributed by atoms with van der Waals surface area (Å²) in [6, 6.07) is 7.61. The highest BCUT2D eigenvalue weighted by Gasteiger charge is 2.10. The van der Waals surface area contributed by atoms with E-state index in [1.165, 1.54) is 11.3 Å². The maximum atomic E-state index is 11.7. The standard InChI is InChI=1S/C12H14N4OS2/c1-8(6-13)11(17)15-9-2-4-10(5-3-9)19-12-16-14-7-18-12/h2-5,7-8H,6,13H2,1H3,(H,15,17). The second kappa shape index (κ2) is 6.65. The van der Waals surface area contributed by atoms with E-state index in [-0.39, 0.29) is 11.8 Å². The number of nitrogens with one attached hydrogen (secondary N) is 1. The fourth-order valence-corrected chi connectivity index (χ4v) is 2.74. The molecule has 2 rings (SSSR count). The SMILES string of the molecule is CC(CN)C(=O)Nc1ccc(Sc2nncs2)cc1. The molecule has 5 nitrogen and oxygen atoms in total. The van der Waals surface area contributed by atoms with Crippen molar-refractivity contribution in [2.24, 2.45) is 11.7 Å². The quantitative estimate of drug-likeness (QED) is 0.883. The van der Waals surface area contributed by atoms with Crippen molar-refractivity contribution < 1.29 is 4.79 Å². The topological polar surface area (TPSA) is 80.9 Å². The summed E-state index contributed by atoms with van der Waals surface area (Å²) in [5.74, 6) is -0.248. The molecule has 0 fully saturated rings. The number of anilines is 1. The number of amides is 1. The van der Waals surface area contributed by atoms with E-state index in [0.29, 0.717) is 6.54 Å². The van der Waals surface area contributed by atoms with Crippen LogP contribution in [0.3, 0.4) is 0 Å². The molecule has 1 aromatic carbocycles. The fraction of sp³-hybridized carbons (Fsp3) is 0.250. The monoisotopic (exact) mass is 294 g/mol. The van der Waals surface area contributed by atoms with Crippen molar-refractivity contribution in [3.63, 3.8) is 0 Å². The van der Waals surface area contributed by atoms with Gasteiger partial charge in [0.2, 0.25) is 5.91 Å². The lowest BCUT2D eigenvalue weighted by atomic mass is 10.1. The molecule has 0 bridgehead atoms. The Balaban J connectivity index is 1.96. The maximum absolute atomic E-state index is 11.7. The van der Waals surface area contributed by atoms with Gasteiger partial charge < -0.3 is 11.1 Å². The van der Waals surface area contributed by atoms with Crippen molar-refractivity contribution in [3.8, 4) is 0 Å². The third-order valence-electron chi connectivity index (χ3n) is 2.47. The molecule has 0 saturated heterocycles. The Bertz CT molecular complexity index is 527. The number of aromatic nitrogens is 2. The first kappa shape index (κ1) is 14.0. The highest BCUT2D eigenvalue weighted by molar-refractivity contribution is 8.01. The number of benzene rings is 1. The minimum Gasteiger partial charge on any atom is -0.330 e. The van der Waals surface area contributed by atoms with Crippen LogP contribution in [0.25, 0.3) is 0 Å². The average molecular weight is 294 g/mol. The Labute approximate surface area is 119 Å². The number of hydrogen-bond acceptors (Lipinski definition) is 6. The summed E-state index contributed by atoms with van der Waals surface area (Å²) in [4.78, 5) is 12.7. The first-order valence-electron chi connectivity index (χ1n) is 5.74. The Morgan fingerprint density at radius 3 is 2.79 bits per heavy atom. The van der Waals surface area contributed by atoms with Crippen molar-refractivity contribution in [2.75, 3.05) is 11.9 Å². The Morgan fingerprint density at radius 2 is 2.21 bits per heavy atom. The van der Waals surface area contributed by atoms with E-state index in [2.05, 4.69) is 15.5 Å². The van der Waals surface area contributed by atoms with Crippen molar-refractivity contribution in [2.45, 2.75) is 16.2 Å². The van der Waals surface area contributed by atoms with Gasteiger partial charge in [-0.05, 0) is 24.3 Å². The number of nitrogens with zero attached hydrogens (tertiary/aromatic N) is 2. The zero-order chi connectivity index (χ0) is 13.7. The molecule has 7 heteroatoms. The zero-order valence-electron chi connectivity index (χ0n) is 10.4. The highest BCUT2D eigenvalue weighted by atomic mass is 32.2. The normalized spacial score (nSPS) is 12.1. The lowest BCUT2D eigenvalue weighted by molar-refractivity contribution is -0.119. The van der Waals surface area contributed by atoms with Gasteiger partial charge in [-0.25, -0.2) is 0 Å². The third kappa shape index (κ3) is 4.02. The second-order valence-corrected chi connectivity index (χ2v) is 6.11. The van der Waals surface area contributed by atoms with Crippen molar-refractivity contribution in [1.29, 1.82) is 0 Å². The van der Waals surface area contributed by atoms with Gasteiger partial charge in [0.05, 0.1) is 0 Å². The summed E-state index contributed by atoms with van der Waals surface area (Å²) < 4.78 is 0.897. The van der Waals surface area contributed by atoms with Gasteiger partial charge in [0.25, 0.3) is 0 Å².